The summed E-state index contributed by atoms with van der Waals surface area (Å²) in [5.74, 6) is 0. The zero-order valence-electron chi connectivity index (χ0n) is 10.6. The van der Waals surface area contributed by atoms with Gasteiger partial charge in [-0.05, 0) is 30.5 Å². The number of benzene rings is 1. The van der Waals surface area contributed by atoms with Crippen molar-refractivity contribution in [3.8, 4) is 0 Å². The fraction of sp³-hybridized carbons (Fsp3) is 0.571. The molecule has 1 fully saturated rings. The molecule has 1 aromatic carbocycles. The lowest BCUT2D eigenvalue weighted by molar-refractivity contribution is 0.0384. The SMILES string of the molecule is CCC1CN(c2ccc(CO)cc2C)CCO1. The summed E-state index contributed by atoms with van der Waals surface area (Å²) in [7, 11) is 0. The van der Waals surface area contributed by atoms with Gasteiger partial charge in [-0.1, -0.05) is 19.1 Å². The van der Waals surface area contributed by atoms with Crippen LogP contribution in [0, 0.1) is 6.92 Å². The fourth-order valence-corrected chi connectivity index (χ4v) is 2.36. The number of ether oxygens (including phenoxy) is 1. The van der Waals surface area contributed by atoms with Crippen molar-refractivity contribution in [3.63, 3.8) is 0 Å². The van der Waals surface area contributed by atoms with E-state index in [0.717, 1.165) is 31.7 Å². The molecule has 17 heavy (non-hydrogen) atoms. The summed E-state index contributed by atoms with van der Waals surface area (Å²) < 4.78 is 5.68. The van der Waals surface area contributed by atoms with Crippen molar-refractivity contribution in [1.29, 1.82) is 0 Å². The first kappa shape index (κ1) is 12.4. The minimum absolute atomic E-state index is 0.113. The van der Waals surface area contributed by atoms with Gasteiger partial charge in [-0.3, -0.25) is 0 Å². The number of aryl methyl sites for hydroxylation is 1. The van der Waals surface area contributed by atoms with E-state index < -0.39 is 0 Å². The summed E-state index contributed by atoms with van der Waals surface area (Å²) in [6.07, 6.45) is 1.41. The maximum absolute atomic E-state index is 9.11. The molecule has 1 atom stereocenters. The lowest BCUT2D eigenvalue weighted by Gasteiger charge is -2.35. The summed E-state index contributed by atoms with van der Waals surface area (Å²) in [6.45, 7) is 7.11. The third-order valence-corrected chi connectivity index (χ3v) is 3.38. The van der Waals surface area contributed by atoms with Gasteiger partial charge in [0.05, 0.1) is 19.3 Å². The molecule has 0 spiro atoms. The van der Waals surface area contributed by atoms with Crippen LogP contribution in [0.4, 0.5) is 5.69 Å². The predicted molar refractivity (Wildman–Crippen MR) is 69.3 cm³/mol. The molecule has 0 bridgehead atoms. The van der Waals surface area contributed by atoms with Gasteiger partial charge in [0.15, 0.2) is 0 Å². The number of anilines is 1. The van der Waals surface area contributed by atoms with Gasteiger partial charge in [-0.2, -0.15) is 0 Å². The molecule has 3 heteroatoms. The standard InChI is InChI=1S/C14H21NO2/c1-3-13-9-15(6-7-17-13)14-5-4-12(10-16)8-11(14)2/h4-5,8,13,16H,3,6-7,9-10H2,1-2H3. The summed E-state index contributed by atoms with van der Waals surface area (Å²) in [5, 5.41) is 9.11. The molecule has 0 radical (unpaired) electrons. The Morgan fingerprint density at radius 1 is 1.47 bits per heavy atom. The van der Waals surface area contributed by atoms with Crippen LogP contribution in [0.3, 0.4) is 0 Å². The molecule has 1 aromatic rings. The second-order valence-corrected chi connectivity index (χ2v) is 4.63. The van der Waals surface area contributed by atoms with Crippen LogP contribution in [0.15, 0.2) is 18.2 Å². The van der Waals surface area contributed by atoms with E-state index in [0.29, 0.717) is 6.10 Å². The van der Waals surface area contributed by atoms with Crippen LogP contribution in [0.5, 0.6) is 0 Å². The Balaban J connectivity index is 2.16. The largest absolute Gasteiger partial charge is 0.392 e. The Kier molecular flexibility index (Phi) is 4.02. The lowest BCUT2D eigenvalue weighted by Crippen LogP contribution is -2.42. The number of morpholine rings is 1. The maximum atomic E-state index is 9.11. The molecule has 3 nitrogen and oxygen atoms in total. The van der Waals surface area contributed by atoms with Gasteiger partial charge in [-0.15, -0.1) is 0 Å². The average Bonchev–Trinajstić information content (AvgIpc) is 2.38. The van der Waals surface area contributed by atoms with Crippen molar-refractivity contribution in [2.75, 3.05) is 24.6 Å². The highest BCUT2D eigenvalue weighted by atomic mass is 16.5. The smallest absolute Gasteiger partial charge is 0.0748 e. The van der Waals surface area contributed by atoms with Crippen LogP contribution in [-0.4, -0.2) is 30.9 Å². The fourth-order valence-electron chi connectivity index (χ4n) is 2.36. The molecule has 2 rings (SSSR count). The third kappa shape index (κ3) is 2.79. The van der Waals surface area contributed by atoms with Gasteiger partial charge in [-0.25, -0.2) is 0 Å². The first-order valence-electron chi connectivity index (χ1n) is 6.31. The molecular formula is C14H21NO2. The Labute approximate surface area is 103 Å². The van der Waals surface area contributed by atoms with Crippen molar-refractivity contribution in [3.05, 3.63) is 29.3 Å². The first-order valence-corrected chi connectivity index (χ1v) is 6.31. The Hall–Kier alpha value is -1.06. The molecule has 1 aliphatic heterocycles. The van der Waals surface area contributed by atoms with E-state index in [4.69, 9.17) is 9.84 Å². The molecule has 1 unspecified atom stereocenters. The quantitative estimate of drug-likeness (QED) is 0.871. The van der Waals surface area contributed by atoms with Crippen LogP contribution >= 0.6 is 0 Å². The number of hydrogen-bond acceptors (Lipinski definition) is 3. The van der Waals surface area contributed by atoms with Crippen LogP contribution in [0.1, 0.15) is 24.5 Å². The normalized spacial score (nSPS) is 20.6. The zero-order chi connectivity index (χ0) is 12.3. The molecule has 94 valence electrons. The van der Waals surface area contributed by atoms with Gasteiger partial charge in [0, 0.05) is 18.8 Å². The van der Waals surface area contributed by atoms with E-state index in [1.54, 1.807) is 0 Å². The molecule has 0 amide bonds. The third-order valence-electron chi connectivity index (χ3n) is 3.38. The zero-order valence-corrected chi connectivity index (χ0v) is 10.6. The van der Waals surface area contributed by atoms with Gasteiger partial charge >= 0.3 is 0 Å². The van der Waals surface area contributed by atoms with E-state index in [-0.39, 0.29) is 6.61 Å². The number of aliphatic hydroxyl groups excluding tert-OH is 1. The predicted octanol–water partition coefficient (Wildman–Crippen LogP) is 2.10. The van der Waals surface area contributed by atoms with Crippen LogP contribution in [0.2, 0.25) is 0 Å². The van der Waals surface area contributed by atoms with Crippen LogP contribution in [-0.2, 0) is 11.3 Å². The second kappa shape index (κ2) is 5.52. The minimum atomic E-state index is 0.113. The monoisotopic (exact) mass is 235 g/mol. The van der Waals surface area contributed by atoms with Crippen molar-refractivity contribution in [2.45, 2.75) is 33.0 Å². The number of rotatable bonds is 3. The summed E-state index contributed by atoms with van der Waals surface area (Å²) >= 11 is 0. The minimum Gasteiger partial charge on any atom is -0.392 e. The second-order valence-electron chi connectivity index (χ2n) is 4.63. The molecule has 1 aliphatic rings. The molecule has 0 aliphatic carbocycles. The van der Waals surface area contributed by atoms with E-state index >= 15 is 0 Å². The summed E-state index contributed by atoms with van der Waals surface area (Å²) in [4.78, 5) is 2.38. The Bertz CT molecular complexity index is 378. The maximum Gasteiger partial charge on any atom is 0.0748 e. The van der Waals surface area contributed by atoms with E-state index in [2.05, 4.69) is 30.9 Å². The van der Waals surface area contributed by atoms with Gasteiger partial charge < -0.3 is 14.7 Å². The van der Waals surface area contributed by atoms with Crippen molar-refractivity contribution >= 4 is 5.69 Å². The van der Waals surface area contributed by atoms with Crippen molar-refractivity contribution in [2.24, 2.45) is 0 Å². The Morgan fingerprint density at radius 2 is 2.29 bits per heavy atom. The molecule has 1 N–H and O–H groups in total. The number of hydrogen-bond donors (Lipinski definition) is 1. The molecule has 0 aromatic heterocycles. The van der Waals surface area contributed by atoms with Gasteiger partial charge in [0.2, 0.25) is 0 Å². The highest BCUT2D eigenvalue weighted by Gasteiger charge is 2.20. The first-order chi connectivity index (χ1) is 8.24. The van der Waals surface area contributed by atoms with E-state index in [1.807, 2.05) is 6.07 Å². The molecule has 0 saturated carbocycles. The van der Waals surface area contributed by atoms with Crippen molar-refractivity contribution in [1.82, 2.24) is 0 Å². The topological polar surface area (TPSA) is 32.7 Å². The van der Waals surface area contributed by atoms with Crippen LogP contribution < -0.4 is 4.90 Å². The Morgan fingerprint density at radius 3 is 2.94 bits per heavy atom. The molecular weight excluding hydrogens is 214 g/mol. The van der Waals surface area contributed by atoms with E-state index in [1.165, 1.54) is 11.3 Å². The summed E-state index contributed by atoms with van der Waals surface area (Å²) in [5.41, 5.74) is 3.48. The highest BCUT2D eigenvalue weighted by molar-refractivity contribution is 5.54. The molecule has 1 saturated heterocycles. The highest BCUT2D eigenvalue weighted by Crippen LogP contribution is 2.24. The van der Waals surface area contributed by atoms with Crippen LogP contribution in [0.25, 0.3) is 0 Å². The average molecular weight is 235 g/mol. The van der Waals surface area contributed by atoms with Crippen molar-refractivity contribution < 1.29 is 9.84 Å². The van der Waals surface area contributed by atoms with Gasteiger partial charge in [0.1, 0.15) is 0 Å². The summed E-state index contributed by atoms with van der Waals surface area (Å²) in [6, 6.07) is 6.17. The van der Waals surface area contributed by atoms with Gasteiger partial charge in [0.25, 0.3) is 0 Å². The lowest BCUT2D eigenvalue weighted by atomic mass is 10.1. The molecule has 1 heterocycles. The number of nitrogens with zero attached hydrogens (tertiary/aromatic N) is 1. The number of aliphatic hydroxyl groups is 1. The van der Waals surface area contributed by atoms with E-state index in [9.17, 15) is 0 Å².